The first-order chi connectivity index (χ1) is 8.95. The van der Waals surface area contributed by atoms with Gasteiger partial charge in [-0.05, 0) is 57.4 Å². The van der Waals surface area contributed by atoms with E-state index in [9.17, 15) is 0 Å². The van der Waals surface area contributed by atoms with E-state index in [1.54, 1.807) is 7.11 Å². The Kier molecular flexibility index (Phi) is 4.16. The standard InChI is InChI=1S/C16H26N2O/c1-12-10-13(7-8-14(12)19-4)11-18-9-5-6-15(17)16(18,2)3/h7-8,10,15H,5-6,9,11,17H2,1-4H3. The minimum absolute atomic E-state index is 0.0755. The van der Waals surface area contributed by atoms with Gasteiger partial charge in [0.15, 0.2) is 0 Å². The van der Waals surface area contributed by atoms with Gasteiger partial charge in [-0.15, -0.1) is 0 Å². The van der Waals surface area contributed by atoms with Crippen molar-refractivity contribution >= 4 is 0 Å². The second kappa shape index (κ2) is 5.51. The Bertz CT molecular complexity index is 442. The number of nitrogens with two attached hydrogens (primary N) is 1. The minimum Gasteiger partial charge on any atom is -0.496 e. The number of ether oxygens (including phenoxy) is 1. The largest absolute Gasteiger partial charge is 0.496 e. The molecule has 1 unspecified atom stereocenters. The number of rotatable bonds is 3. The average molecular weight is 262 g/mol. The molecule has 0 aromatic heterocycles. The first-order valence-electron chi connectivity index (χ1n) is 7.09. The molecule has 106 valence electrons. The molecule has 3 nitrogen and oxygen atoms in total. The van der Waals surface area contributed by atoms with E-state index in [1.165, 1.54) is 17.5 Å². The third-order valence-corrected chi connectivity index (χ3v) is 4.50. The Labute approximate surface area is 116 Å². The Morgan fingerprint density at radius 3 is 2.79 bits per heavy atom. The van der Waals surface area contributed by atoms with Gasteiger partial charge in [-0.25, -0.2) is 0 Å². The Hall–Kier alpha value is -1.06. The highest BCUT2D eigenvalue weighted by Crippen LogP contribution is 2.29. The van der Waals surface area contributed by atoms with Crippen LogP contribution in [0.1, 0.15) is 37.8 Å². The highest BCUT2D eigenvalue weighted by Gasteiger charge is 2.36. The van der Waals surface area contributed by atoms with Gasteiger partial charge in [0.05, 0.1) is 7.11 Å². The van der Waals surface area contributed by atoms with E-state index in [-0.39, 0.29) is 11.6 Å². The van der Waals surface area contributed by atoms with Crippen molar-refractivity contribution in [1.29, 1.82) is 0 Å². The van der Waals surface area contributed by atoms with Crippen LogP contribution >= 0.6 is 0 Å². The summed E-state index contributed by atoms with van der Waals surface area (Å²) in [5, 5.41) is 0. The third-order valence-electron chi connectivity index (χ3n) is 4.50. The number of hydrogen-bond acceptors (Lipinski definition) is 3. The predicted molar refractivity (Wildman–Crippen MR) is 79.4 cm³/mol. The normalized spacial score (nSPS) is 23.3. The third kappa shape index (κ3) is 2.93. The number of aryl methyl sites for hydroxylation is 1. The molecule has 1 aromatic rings. The molecule has 0 spiro atoms. The summed E-state index contributed by atoms with van der Waals surface area (Å²) in [6.07, 6.45) is 2.32. The number of nitrogens with zero attached hydrogens (tertiary/aromatic N) is 1. The summed E-state index contributed by atoms with van der Waals surface area (Å²) in [5.74, 6) is 0.957. The molecule has 2 N–H and O–H groups in total. The summed E-state index contributed by atoms with van der Waals surface area (Å²) in [5.41, 5.74) is 8.87. The summed E-state index contributed by atoms with van der Waals surface area (Å²) in [7, 11) is 1.72. The summed E-state index contributed by atoms with van der Waals surface area (Å²) in [6, 6.07) is 6.69. The van der Waals surface area contributed by atoms with Gasteiger partial charge in [-0.2, -0.15) is 0 Å². The molecular formula is C16H26N2O. The molecule has 19 heavy (non-hydrogen) atoms. The lowest BCUT2D eigenvalue weighted by molar-refractivity contribution is 0.0501. The van der Waals surface area contributed by atoms with Crippen LogP contribution in [0.15, 0.2) is 18.2 Å². The number of piperidine rings is 1. The lowest BCUT2D eigenvalue weighted by atomic mass is 9.85. The maximum Gasteiger partial charge on any atom is 0.121 e. The average Bonchev–Trinajstić information content (AvgIpc) is 2.36. The fourth-order valence-electron chi connectivity index (χ4n) is 2.92. The molecule has 1 saturated heterocycles. The lowest BCUT2D eigenvalue weighted by Gasteiger charge is -2.46. The van der Waals surface area contributed by atoms with Crippen molar-refractivity contribution in [3.8, 4) is 5.75 Å². The molecule has 0 amide bonds. The van der Waals surface area contributed by atoms with Crippen molar-refractivity contribution in [1.82, 2.24) is 4.90 Å². The molecule has 0 bridgehead atoms. The summed E-state index contributed by atoms with van der Waals surface area (Å²) >= 11 is 0. The van der Waals surface area contributed by atoms with Gasteiger partial charge in [0.25, 0.3) is 0 Å². The van der Waals surface area contributed by atoms with E-state index < -0.39 is 0 Å². The molecule has 0 saturated carbocycles. The molecule has 0 aliphatic carbocycles. The molecule has 1 aliphatic rings. The van der Waals surface area contributed by atoms with Crippen molar-refractivity contribution < 1.29 is 4.74 Å². The summed E-state index contributed by atoms with van der Waals surface area (Å²) < 4.78 is 5.31. The maximum atomic E-state index is 6.27. The van der Waals surface area contributed by atoms with Gasteiger partial charge in [0.1, 0.15) is 5.75 Å². The van der Waals surface area contributed by atoms with Gasteiger partial charge in [0.2, 0.25) is 0 Å². The maximum absolute atomic E-state index is 6.27. The highest BCUT2D eigenvalue weighted by atomic mass is 16.5. The van der Waals surface area contributed by atoms with Gasteiger partial charge < -0.3 is 10.5 Å². The van der Waals surface area contributed by atoms with Gasteiger partial charge in [0, 0.05) is 18.1 Å². The van der Waals surface area contributed by atoms with Crippen LogP contribution in [-0.2, 0) is 6.54 Å². The minimum atomic E-state index is 0.0755. The quantitative estimate of drug-likeness (QED) is 0.910. The van der Waals surface area contributed by atoms with E-state index in [2.05, 4.69) is 43.9 Å². The SMILES string of the molecule is COc1ccc(CN2CCCC(N)C2(C)C)cc1C. The van der Waals surface area contributed by atoms with E-state index in [4.69, 9.17) is 10.5 Å². The molecule has 1 fully saturated rings. The van der Waals surface area contributed by atoms with Crippen LogP contribution in [-0.4, -0.2) is 30.1 Å². The van der Waals surface area contributed by atoms with Crippen LogP contribution < -0.4 is 10.5 Å². The molecule has 2 rings (SSSR count). The lowest BCUT2D eigenvalue weighted by Crippen LogP contribution is -2.59. The van der Waals surface area contributed by atoms with Crippen molar-refractivity contribution in [3.63, 3.8) is 0 Å². The first kappa shape index (κ1) is 14.4. The van der Waals surface area contributed by atoms with E-state index in [0.29, 0.717) is 0 Å². The van der Waals surface area contributed by atoms with Crippen molar-refractivity contribution in [2.75, 3.05) is 13.7 Å². The van der Waals surface area contributed by atoms with Gasteiger partial charge in [-0.3, -0.25) is 4.90 Å². The first-order valence-corrected chi connectivity index (χ1v) is 7.09. The zero-order chi connectivity index (χ0) is 14.0. The number of benzene rings is 1. The second-order valence-electron chi connectivity index (χ2n) is 6.13. The van der Waals surface area contributed by atoms with Crippen LogP contribution in [0, 0.1) is 6.92 Å². The van der Waals surface area contributed by atoms with Crippen molar-refractivity contribution in [3.05, 3.63) is 29.3 Å². The second-order valence-corrected chi connectivity index (χ2v) is 6.13. The highest BCUT2D eigenvalue weighted by molar-refractivity contribution is 5.36. The number of likely N-dealkylation sites (tertiary alicyclic amines) is 1. The van der Waals surface area contributed by atoms with E-state index in [1.807, 2.05) is 0 Å². The number of methoxy groups -OCH3 is 1. The molecule has 1 heterocycles. The van der Waals surface area contributed by atoms with Crippen molar-refractivity contribution in [2.45, 2.75) is 51.7 Å². The fourth-order valence-corrected chi connectivity index (χ4v) is 2.92. The number of hydrogen-bond donors (Lipinski definition) is 1. The van der Waals surface area contributed by atoms with Crippen LogP contribution in [0.2, 0.25) is 0 Å². The van der Waals surface area contributed by atoms with Crippen LogP contribution in [0.4, 0.5) is 0 Å². The molecule has 1 atom stereocenters. The summed E-state index contributed by atoms with van der Waals surface area (Å²) in [4.78, 5) is 2.50. The van der Waals surface area contributed by atoms with Crippen LogP contribution in [0.25, 0.3) is 0 Å². The Balaban J connectivity index is 2.14. The van der Waals surface area contributed by atoms with E-state index in [0.717, 1.165) is 25.3 Å². The van der Waals surface area contributed by atoms with Crippen molar-refractivity contribution in [2.24, 2.45) is 5.73 Å². The zero-order valence-electron chi connectivity index (χ0n) is 12.6. The molecule has 3 heteroatoms. The predicted octanol–water partition coefficient (Wildman–Crippen LogP) is 2.71. The molecule has 1 aliphatic heterocycles. The molecular weight excluding hydrogens is 236 g/mol. The Morgan fingerprint density at radius 1 is 1.42 bits per heavy atom. The smallest absolute Gasteiger partial charge is 0.121 e. The molecule has 1 aromatic carbocycles. The van der Waals surface area contributed by atoms with Crippen LogP contribution in [0.5, 0.6) is 5.75 Å². The monoisotopic (exact) mass is 262 g/mol. The fraction of sp³-hybridized carbons (Fsp3) is 0.625. The molecule has 0 radical (unpaired) electrons. The van der Waals surface area contributed by atoms with Gasteiger partial charge in [-0.1, -0.05) is 12.1 Å². The van der Waals surface area contributed by atoms with Crippen LogP contribution in [0.3, 0.4) is 0 Å². The van der Waals surface area contributed by atoms with E-state index >= 15 is 0 Å². The Morgan fingerprint density at radius 2 is 2.16 bits per heavy atom. The zero-order valence-corrected chi connectivity index (χ0v) is 12.6. The van der Waals surface area contributed by atoms with Gasteiger partial charge >= 0.3 is 0 Å². The topological polar surface area (TPSA) is 38.5 Å². The summed E-state index contributed by atoms with van der Waals surface area (Å²) in [6.45, 7) is 8.70.